The highest BCUT2D eigenvalue weighted by Crippen LogP contribution is 2.33. The fourth-order valence-electron chi connectivity index (χ4n) is 3.75. The van der Waals surface area contributed by atoms with Crippen molar-refractivity contribution in [2.45, 2.75) is 58.8 Å². The fourth-order valence-corrected chi connectivity index (χ4v) is 3.75. The molecule has 0 bridgehead atoms. The molecule has 0 aromatic heterocycles. The Bertz CT molecular complexity index is 297. The lowest BCUT2D eigenvalue weighted by molar-refractivity contribution is -0.133. The van der Waals surface area contributed by atoms with Crippen molar-refractivity contribution in [3.63, 3.8) is 0 Å². The van der Waals surface area contributed by atoms with E-state index in [0.29, 0.717) is 11.8 Å². The third-order valence-electron chi connectivity index (χ3n) is 5.53. The first-order valence-corrected chi connectivity index (χ1v) is 8.17. The molecular weight excluding hydrogens is 236 g/mol. The molecule has 1 amide bonds. The number of rotatable bonds is 4. The van der Waals surface area contributed by atoms with E-state index in [1.807, 2.05) is 0 Å². The molecular formula is C16H30N2O. The number of piperidine rings is 1. The average molecular weight is 266 g/mol. The Morgan fingerprint density at radius 2 is 1.95 bits per heavy atom. The van der Waals surface area contributed by atoms with E-state index in [2.05, 4.69) is 24.5 Å². The van der Waals surface area contributed by atoms with E-state index in [4.69, 9.17) is 0 Å². The molecule has 3 nitrogen and oxygen atoms in total. The lowest BCUT2D eigenvalue weighted by Crippen LogP contribution is -2.48. The summed E-state index contributed by atoms with van der Waals surface area (Å²) in [7, 11) is 0. The van der Waals surface area contributed by atoms with Crippen LogP contribution in [-0.2, 0) is 4.79 Å². The van der Waals surface area contributed by atoms with E-state index in [-0.39, 0.29) is 5.41 Å². The van der Waals surface area contributed by atoms with Crippen LogP contribution in [0.1, 0.15) is 58.8 Å². The minimum Gasteiger partial charge on any atom is -0.355 e. The molecule has 2 atom stereocenters. The lowest BCUT2D eigenvalue weighted by atomic mass is 9.75. The Kier molecular flexibility index (Phi) is 5.26. The molecule has 1 saturated carbocycles. The van der Waals surface area contributed by atoms with Gasteiger partial charge in [-0.3, -0.25) is 4.79 Å². The summed E-state index contributed by atoms with van der Waals surface area (Å²) in [5.74, 6) is 1.79. The molecule has 1 saturated heterocycles. The normalized spacial score (nSPS) is 30.8. The van der Waals surface area contributed by atoms with Crippen LogP contribution in [-0.4, -0.2) is 25.5 Å². The second-order valence-corrected chi connectivity index (χ2v) is 6.62. The highest BCUT2D eigenvalue weighted by atomic mass is 16.2. The molecule has 1 heterocycles. The molecule has 0 aromatic rings. The van der Waals surface area contributed by atoms with Gasteiger partial charge in [0, 0.05) is 6.54 Å². The Balaban J connectivity index is 1.85. The summed E-state index contributed by atoms with van der Waals surface area (Å²) in [6.07, 6.45) is 8.31. The minimum atomic E-state index is -0.0941. The van der Waals surface area contributed by atoms with E-state index < -0.39 is 0 Å². The number of hydrogen-bond acceptors (Lipinski definition) is 2. The van der Waals surface area contributed by atoms with Gasteiger partial charge >= 0.3 is 0 Å². The van der Waals surface area contributed by atoms with Gasteiger partial charge in [-0.05, 0) is 50.6 Å². The minimum absolute atomic E-state index is 0.0941. The maximum absolute atomic E-state index is 12.6. The number of amides is 1. The number of carbonyl (C=O) groups is 1. The van der Waals surface area contributed by atoms with Crippen molar-refractivity contribution in [2.24, 2.45) is 17.3 Å². The molecule has 2 N–H and O–H groups in total. The number of nitrogens with one attached hydrogen (secondary N) is 2. The first-order chi connectivity index (χ1) is 9.18. The van der Waals surface area contributed by atoms with Gasteiger partial charge in [-0.1, -0.05) is 33.1 Å². The lowest BCUT2D eigenvalue weighted by Gasteiger charge is -2.36. The van der Waals surface area contributed by atoms with Crippen LogP contribution in [0.25, 0.3) is 0 Å². The van der Waals surface area contributed by atoms with E-state index in [1.165, 1.54) is 25.7 Å². The van der Waals surface area contributed by atoms with Gasteiger partial charge in [-0.25, -0.2) is 0 Å². The summed E-state index contributed by atoms with van der Waals surface area (Å²) < 4.78 is 0. The Hall–Kier alpha value is -0.570. The van der Waals surface area contributed by atoms with Crippen LogP contribution in [0.2, 0.25) is 0 Å². The number of carbonyl (C=O) groups excluding carboxylic acids is 1. The van der Waals surface area contributed by atoms with Gasteiger partial charge in [0.15, 0.2) is 0 Å². The summed E-state index contributed by atoms with van der Waals surface area (Å²) >= 11 is 0. The molecule has 110 valence electrons. The zero-order chi connectivity index (χ0) is 13.7. The molecule has 0 radical (unpaired) electrons. The molecule has 2 fully saturated rings. The van der Waals surface area contributed by atoms with Crippen molar-refractivity contribution >= 4 is 5.91 Å². The molecule has 0 spiro atoms. The molecule has 0 aromatic carbocycles. The van der Waals surface area contributed by atoms with Gasteiger partial charge < -0.3 is 10.6 Å². The largest absolute Gasteiger partial charge is 0.355 e. The van der Waals surface area contributed by atoms with Crippen molar-refractivity contribution < 1.29 is 4.79 Å². The number of hydrogen-bond donors (Lipinski definition) is 2. The maximum atomic E-state index is 12.6. The first-order valence-electron chi connectivity index (χ1n) is 8.17. The summed E-state index contributed by atoms with van der Waals surface area (Å²) in [5.41, 5.74) is -0.0941. The highest BCUT2D eigenvalue weighted by Gasteiger charge is 2.37. The van der Waals surface area contributed by atoms with Gasteiger partial charge in [0.2, 0.25) is 5.91 Å². The Morgan fingerprint density at radius 3 is 2.58 bits per heavy atom. The summed E-state index contributed by atoms with van der Waals surface area (Å²) in [5, 5.41) is 6.64. The zero-order valence-electron chi connectivity index (χ0n) is 12.6. The van der Waals surface area contributed by atoms with Crippen molar-refractivity contribution in [2.75, 3.05) is 19.6 Å². The van der Waals surface area contributed by atoms with Crippen LogP contribution >= 0.6 is 0 Å². The average Bonchev–Trinajstić information content (AvgIpc) is 2.46. The van der Waals surface area contributed by atoms with Crippen molar-refractivity contribution in [3.05, 3.63) is 0 Å². The van der Waals surface area contributed by atoms with Gasteiger partial charge in [0.25, 0.3) is 0 Å². The molecule has 1 aliphatic carbocycles. The smallest absolute Gasteiger partial charge is 0.226 e. The van der Waals surface area contributed by atoms with Crippen molar-refractivity contribution in [1.82, 2.24) is 10.6 Å². The Labute approximate surface area is 117 Å². The summed E-state index contributed by atoms with van der Waals surface area (Å²) in [4.78, 5) is 12.6. The third kappa shape index (κ3) is 3.50. The van der Waals surface area contributed by atoms with E-state index in [1.54, 1.807) is 0 Å². The second kappa shape index (κ2) is 6.74. The van der Waals surface area contributed by atoms with Crippen LogP contribution in [0.3, 0.4) is 0 Å². The molecule has 2 unspecified atom stereocenters. The Morgan fingerprint density at radius 1 is 1.26 bits per heavy atom. The van der Waals surface area contributed by atoms with Crippen LogP contribution in [0.4, 0.5) is 0 Å². The highest BCUT2D eigenvalue weighted by molar-refractivity contribution is 5.82. The van der Waals surface area contributed by atoms with Gasteiger partial charge in [-0.2, -0.15) is 0 Å². The van der Waals surface area contributed by atoms with Crippen molar-refractivity contribution in [3.8, 4) is 0 Å². The van der Waals surface area contributed by atoms with Crippen molar-refractivity contribution in [1.29, 1.82) is 0 Å². The zero-order valence-corrected chi connectivity index (χ0v) is 12.6. The maximum Gasteiger partial charge on any atom is 0.226 e. The molecule has 3 heteroatoms. The molecule has 2 aliphatic rings. The predicted octanol–water partition coefficient (Wildman–Crippen LogP) is 2.71. The summed E-state index contributed by atoms with van der Waals surface area (Å²) in [6.45, 7) is 7.38. The third-order valence-corrected chi connectivity index (χ3v) is 5.53. The fraction of sp³-hybridized carbons (Fsp3) is 0.938. The quantitative estimate of drug-likeness (QED) is 0.821. The van der Waals surface area contributed by atoms with Crippen LogP contribution in [0.5, 0.6) is 0 Å². The predicted molar refractivity (Wildman–Crippen MR) is 79.0 cm³/mol. The topological polar surface area (TPSA) is 41.1 Å². The first kappa shape index (κ1) is 14.8. The molecule has 2 rings (SSSR count). The molecule has 1 aliphatic heterocycles. The van der Waals surface area contributed by atoms with E-state index in [0.717, 1.165) is 44.8 Å². The van der Waals surface area contributed by atoms with Crippen LogP contribution in [0.15, 0.2) is 0 Å². The summed E-state index contributed by atoms with van der Waals surface area (Å²) in [6, 6.07) is 0. The van der Waals surface area contributed by atoms with Gasteiger partial charge in [0.05, 0.1) is 5.41 Å². The van der Waals surface area contributed by atoms with E-state index >= 15 is 0 Å². The second-order valence-electron chi connectivity index (χ2n) is 6.62. The SMILES string of the molecule is CCC1(C(=O)NCC2CCCCC2C)CCNCC1. The monoisotopic (exact) mass is 266 g/mol. The van der Waals surface area contributed by atoms with Crippen LogP contribution < -0.4 is 10.6 Å². The van der Waals surface area contributed by atoms with E-state index in [9.17, 15) is 4.79 Å². The van der Waals surface area contributed by atoms with Crippen LogP contribution in [0, 0.1) is 17.3 Å². The van der Waals surface area contributed by atoms with Gasteiger partial charge in [-0.15, -0.1) is 0 Å². The van der Waals surface area contributed by atoms with Gasteiger partial charge in [0.1, 0.15) is 0 Å². The standard InChI is InChI=1S/C16H30N2O/c1-3-16(8-10-17-11-9-16)15(19)18-12-14-7-5-4-6-13(14)2/h13-14,17H,3-12H2,1-2H3,(H,18,19). The molecule has 19 heavy (non-hydrogen) atoms.